The Hall–Kier alpha value is -1.99. The zero-order valence-electron chi connectivity index (χ0n) is 13.3. The number of rotatable bonds is 5. The third-order valence-corrected chi connectivity index (χ3v) is 5.42. The summed E-state index contributed by atoms with van der Waals surface area (Å²) in [5.74, 6) is -0.948. The molecule has 0 N–H and O–H groups in total. The van der Waals surface area contributed by atoms with E-state index >= 15 is 0 Å². The second kappa shape index (κ2) is 7.93. The summed E-state index contributed by atoms with van der Waals surface area (Å²) in [4.78, 5) is 39.1. The van der Waals surface area contributed by atoms with Crippen molar-refractivity contribution in [3.05, 3.63) is 56.7 Å². The fraction of sp³-hybridized carbons (Fsp3) is 0.278. The molecule has 0 spiro atoms. The molecule has 1 fully saturated rings. The number of benzene rings is 1. The highest BCUT2D eigenvalue weighted by Gasteiger charge is 2.36. The Morgan fingerprint density at radius 3 is 2.64 bits per heavy atom. The Morgan fingerprint density at radius 1 is 1.20 bits per heavy atom. The molecule has 25 heavy (non-hydrogen) atoms. The van der Waals surface area contributed by atoms with E-state index in [1.54, 1.807) is 36.4 Å². The number of hydrogen-bond donors (Lipinski definition) is 0. The van der Waals surface area contributed by atoms with Gasteiger partial charge in [-0.2, -0.15) is 0 Å². The molecule has 1 atom stereocenters. The van der Waals surface area contributed by atoms with Gasteiger partial charge in [0, 0.05) is 16.6 Å². The molecule has 0 unspecified atom stereocenters. The molecule has 7 heteroatoms. The fourth-order valence-corrected chi connectivity index (χ4v) is 3.69. The summed E-state index contributed by atoms with van der Waals surface area (Å²) in [5, 5.41) is 1.83. The number of nitrogens with zero attached hydrogens (tertiary/aromatic N) is 1. The van der Waals surface area contributed by atoms with Gasteiger partial charge in [0.1, 0.15) is 6.04 Å². The topological polar surface area (TPSA) is 63.7 Å². The van der Waals surface area contributed by atoms with Crippen LogP contribution in [0.3, 0.4) is 0 Å². The molecule has 1 aromatic carbocycles. The van der Waals surface area contributed by atoms with Gasteiger partial charge in [-0.15, -0.1) is 11.3 Å². The maximum Gasteiger partial charge on any atom is 0.329 e. The fourth-order valence-electron chi connectivity index (χ4n) is 2.75. The van der Waals surface area contributed by atoms with Gasteiger partial charge in [0.2, 0.25) is 0 Å². The van der Waals surface area contributed by atoms with Crippen molar-refractivity contribution in [2.24, 2.45) is 0 Å². The minimum Gasteiger partial charge on any atom is -0.456 e. The minimum absolute atomic E-state index is 0.159. The molecule has 1 aliphatic rings. The van der Waals surface area contributed by atoms with Crippen LogP contribution in [-0.4, -0.2) is 41.8 Å². The molecular formula is C18H16BrNO4S. The molecule has 2 aromatic rings. The van der Waals surface area contributed by atoms with Gasteiger partial charge in [-0.1, -0.05) is 34.1 Å². The van der Waals surface area contributed by atoms with Crippen LogP contribution in [0, 0.1) is 0 Å². The van der Waals surface area contributed by atoms with Gasteiger partial charge in [-0.25, -0.2) is 4.79 Å². The lowest BCUT2D eigenvalue weighted by Crippen LogP contribution is -2.41. The first kappa shape index (κ1) is 17.8. The van der Waals surface area contributed by atoms with Crippen LogP contribution in [0.5, 0.6) is 0 Å². The SMILES string of the molecule is O=C(COC(=O)[C@H]1CCCN1C(=O)c1cccs1)c1ccc(Br)cc1. The Labute approximate surface area is 157 Å². The number of ether oxygens (including phenoxy) is 1. The first-order valence-electron chi connectivity index (χ1n) is 7.86. The van der Waals surface area contributed by atoms with E-state index in [-0.39, 0.29) is 18.3 Å². The molecule has 0 radical (unpaired) electrons. The number of hydrogen-bond acceptors (Lipinski definition) is 5. The summed E-state index contributed by atoms with van der Waals surface area (Å²) in [6, 6.07) is 9.78. The number of thiophene rings is 1. The van der Waals surface area contributed by atoms with Crippen molar-refractivity contribution in [3.8, 4) is 0 Å². The number of ketones is 1. The van der Waals surface area contributed by atoms with Crippen LogP contribution < -0.4 is 0 Å². The van der Waals surface area contributed by atoms with E-state index in [2.05, 4.69) is 15.9 Å². The number of Topliss-reactive ketones (excluding diaryl/α,β-unsaturated/α-hetero) is 1. The second-order valence-corrected chi connectivity index (χ2v) is 7.54. The average molecular weight is 422 g/mol. The van der Waals surface area contributed by atoms with Crippen molar-refractivity contribution in [3.63, 3.8) is 0 Å². The molecule has 3 rings (SSSR count). The van der Waals surface area contributed by atoms with Gasteiger partial charge < -0.3 is 9.64 Å². The van der Waals surface area contributed by atoms with Crippen LogP contribution in [0.4, 0.5) is 0 Å². The van der Waals surface area contributed by atoms with Crippen molar-refractivity contribution >= 4 is 44.9 Å². The molecule has 0 aliphatic carbocycles. The third kappa shape index (κ3) is 4.16. The zero-order valence-corrected chi connectivity index (χ0v) is 15.7. The number of esters is 1. The predicted molar refractivity (Wildman–Crippen MR) is 97.8 cm³/mol. The van der Waals surface area contributed by atoms with E-state index in [9.17, 15) is 14.4 Å². The number of likely N-dealkylation sites (tertiary alicyclic amines) is 1. The molecule has 1 amide bonds. The number of amides is 1. The summed E-state index contributed by atoms with van der Waals surface area (Å²) in [7, 11) is 0. The number of carbonyl (C=O) groups is 3. The van der Waals surface area contributed by atoms with Crippen LogP contribution in [0.1, 0.15) is 32.9 Å². The van der Waals surface area contributed by atoms with E-state index in [0.717, 1.165) is 10.9 Å². The van der Waals surface area contributed by atoms with Gasteiger partial charge in [0.25, 0.3) is 5.91 Å². The summed E-state index contributed by atoms with van der Waals surface area (Å²) in [6.07, 6.45) is 1.31. The van der Waals surface area contributed by atoms with E-state index < -0.39 is 12.0 Å². The lowest BCUT2D eigenvalue weighted by molar-refractivity contribution is -0.147. The molecular weight excluding hydrogens is 406 g/mol. The highest BCUT2D eigenvalue weighted by atomic mass is 79.9. The van der Waals surface area contributed by atoms with Gasteiger partial charge in [0.15, 0.2) is 12.4 Å². The Kier molecular flexibility index (Phi) is 5.65. The Balaban J connectivity index is 1.59. The number of carbonyl (C=O) groups excluding carboxylic acids is 3. The van der Waals surface area contributed by atoms with E-state index in [1.807, 2.05) is 5.38 Å². The van der Waals surface area contributed by atoms with Gasteiger partial charge in [-0.3, -0.25) is 9.59 Å². The van der Waals surface area contributed by atoms with E-state index in [0.29, 0.717) is 23.4 Å². The lowest BCUT2D eigenvalue weighted by Gasteiger charge is -2.22. The first-order valence-corrected chi connectivity index (χ1v) is 9.53. The van der Waals surface area contributed by atoms with Crippen LogP contribution in [0.15, 0.2) is 46.3 Å². The predicted octanol–water partition coefficient (Wildman–Crippen LogP) is 3.54. The molecule has 2 heterocycles. The molecule has 5 nitrogen and oxygen atoms in total. The lowest BCUT2D eigenvalue weighted by atomic mass is 10.1. The maximum absolute atomic E-state index is 12.5. The number of halogens is 1. The molecule has 1 aromatic heterocycles. The maximum atomic E-state index is 12.5. The summed E-state index contributed by atoms with van der Waals surface area (Å²) in [6.45, 7) is 0.204. The van der Waals surface area contributed by atoms with E-state index in [1.165, 1.54) is 16.2 Å². The normalized spacial score (nSPS) is 16.7. The zero-order chi connectivity index (χ0) is 17.8. The molecule has 0 bridgehead atoms. The summed E-state index contributed by atoms with van der Waals surface area (Å²) >= 11 is 4.65. The Morgan fingerprint density at radius 2 is 1.96 bits per heavy atom. The minimum atomic E-state index is -0.618. The molecule has 130 valence electrons. The summed E-state index contributed by atoms with van der Waals surface area (Å²) < 4.78 is 6.05. The van der Waals surface area contributed by atoms with Crippen LogP contribution in [0.25, 0.3) is 0 Å². The van der Waals surface area contributed by atoms with Crippen LogP contribution in [-0.2, 0) is 9.53 Å². The monoisotopic (exact) mass is 421 g/mol. The largest absolute Gasteiger partial charge is 0.456 e. The quantitative estimate of drug-likeness (QED) is 0.546. The standard InChI is InChI=1S/C18H16BrNO4S/c19-13-7-5-12(6-8-13)15(21)11-24-18(23)14-3-1-9-20(14)17(22)16-4-2-10-25-16/h2,4-8,10,14H,1,3,9,11H2/t14-/m1/s1. The second-order valence-electron chi connectivity index (χ2n) is 5.67. The Bertz CT molecular complexity index is 773. The highest BCUT2D eigenvalue weighted by molar-refractivity contribution is 9.10. The highest BCUT2D eigenvalue weighted by Crippen LogP contribution is 2.23. The van der Waals surface area contributed by atoms with Crippen molar-refractivity contribution in [1.82, 2.24) is 4.90 Å². The van der Waals surface area contributed by atoms with Crippen molar-refractivity contribution in [1.29, 1.82) is 0 Å². The molecule has 1 saturated heterocycles. The van der Waals surface area contributed by atoms with Gasteiger partial charge >= 0.3 is 5.97 Å². The molecule has 0 saturated carbocycles. The van der Waals surface area contributed by atoms with Crippen LogP contribution >= 0.6 is 27.3 Å². The van der Waals surface area contributed by atoms with Gasteiger partial charge in [-0.05, 0) is 36.4 Å². The van der Waals surface area contributed by atoms with Gasteiger partial charge in [0.05, 0.1) is 4.88 Å². The van der Waals surface area contributed by atoms with Crippen molar-refractivity contribution in [2.45, 2.75) is 18.9 Å². The molecule has 1 aliphatic heterocycles. The summed E-state index contributed by atoms with van der Waals surface area (Å²) in [5.41, 5.74) is 0.481. The van der Waals surface area contributed by atoms with Crippen molar-refractivity contribution in [2.75, 3.05) is 13.2 Å². The van der Waals surface area contributed by atoms with E-state index in [4.69, 9.17) is 4.74 Å². The smallest absolute Gasteiger partial charge is 0.329 e. The van der Waals surface area contributed by atoms with Crippen molar-refractivity contribution < 1.29 is 19.1 Å². The van der Waals surface area contributed by atoms with Crippen LogP contribution in [0.2, 0.25) is 0 Å². The average Bonchev–Trinajstić information content (AvgIpc) is 3.30. The first-order chi connectivity index (χ1) is 12.1. The third-order valence-electron chi connectivity index (χ3n) is 4.03.